The molecule has 0 nitrogen and oxygen atoms in total. The molecule has 19 heavy (non-hydrogen) atoms. The third-order valence-electron chi connectivity index (χ3n) is 4.96. The monoisotopic (exact) mass is 266 g/mol. The molecule has 96 valence electrons. The largest absolute Gasteiger partial charge is 0.143 e. The summed E-state index contributed by atoms with van der Waals surface area (Å²) in [5.74, 6) is 0. The van der Waals surface area contributed by atoms with Crippen molar-refractivity contribution in [2.24, 2.45) is 0 Å². The van der Waals surface area contributed by atoms with Crippen LogP contribution in [0.15, 0.2) is 41.3 Å². The van der Waals surface area contributed by atoms with Gasteiger partial charge in [-0.25, -0.2) is 0 Å². The molecule has 1 fully saturated rings. The predicted octanol–water partition coefficient (Wildman–Crippen LogP) is 5.12. The third kappa shape index (κ3) is 1.48. The standard InChI is InChI=1S/C18H18S/c1-12-4-6-14-15-7-5-13(19)11-17(15)18(16(14)10-12)8-2-3-9-18/h4-7,10-11,19H,2-3,8-9H2,1H3. The van der Waals surface area contributed by atoms with Crippen LogP contribution in [0, 0.1) is 6.92 Å². The summed E-state index contributed by atoms with van der Waals surface area (Å²) in [6.45, 7) is 2.20. The van der Waals surface area contributed by atoms with Crippen LogP contribution in [-0.4, -0.2) is 0 Å². The van der Waals surface area contributed by atoms with Gasteiger partial charge < -0.3 is 0 Å². The number of aryl methyl sites for hydroxylation is 1. The Labute approximate surface area is 120 Å². The topological polar surface area (TPSA) is 0 Å². The van der Waals surface area contributed by atoms with Crippen molar-refractivity contribution in [3.05, 3.63) is 53.1 Å². The second kappa shape index (κ2) is 3.89. The van der Waals surface area contributed by atoms with Gasteiger partial charge in [0.2, 0.25) is 0 Å². The molecule has 2 aliphatic rings. The van der Waals surface area contributed by atoms with Crippen LogP contribution in [0.2, 0.25) is 0 Å². The van der Waals surface area contributed by atoms with E-state index in [1.54, 1.807) is 5.56 Å². The maximum Gasteiger partial charge on any atom is 0.0215 e. The summed E-state index contributed by atoms with van der Waals surface area (Å²) in [4.78, 5) is 1.09. The van der Waals surface area contributed by atoms with Gasteiger partial charge in [-0.1, -0.05) is 42.7 Å². The van der Waals surface area contributed by atoms with E-state index in [1.807, 2.05) is 0 Å². The fourth-order valence-electron chi connectivity index (χ4n) is 4.11. The molecule has 0 unspecified atom stereocenters. The molecule has 1 saturated carbocycles. The van der Waals surface area contributed by atoms with Crippen molar-refractivity contribution in [3.8, 4) is 11.1 Å². The van der Waals surface area contributed by atoms with Crippen LogP contribution in [0.3, 0.4) is 0 Å². The molecule has 2 aromatic carbocycles. The van der Waals surface area contributed by atoms with Gasteiger partial charge in [0.1, 0.15) is 0 Å². The Morgan fingerprint density at radius 1 is 0.895 bits per heavy atom. The van der Waals surface area contributed by atoms with Gasteiger partial charge in [0.05, 0.1) is 0 Å². The molecule has 0 atom stereocenters. The first-order valence-electron chi connectivity index (χ1n) is 7.16. The van der Waals surface area contributed by atoms with Gasteiger partial charge >= 0.3 is 0 Å². The van der Waals surface area contributed by atoms with Crippen molar-refractivity contribution in [1.82, 2.24) is 0 Å². The van der Waals surface area contributed by atoms with Crippen LogP contribution in [0.1, 0.15) is 42.4 Å². The van der Waals surface area contributed by atoms with Crippen molar-refractivity contribution in [3.63, 3.8) is 0 Å². The van der Waals surface area contributed by atoms with E-state index in [1.165, 1.54) is 47.9 Å². The van der Waals surface area contributed by atoms with Gasteiger partial charge in [-0.2, -0.15) is 0 Å². The lowest BCUT2D eigenvalue weighted by molar-refractivity contribution is 0.548. The minimum Gasteiger partial charge on any atom is -0.143 e. The Morgan fingerprint density at radius 2 is 1.53 bits per heavy atom. The number of thiol groups is 1. The van der Waals surface area contributed by atoms with Crippen molar-refractivity contribution in [1.29, 1.82) is 0 Å². The van der Waals surface area contributed by atoms with E-state index in [4.69, 9.17) is 0 Å². The van der Waals surface area contributed by atoms with Gasteiger partial charge in [-0.3, -0.25) is 0 Å². The van der Waals surface area contributed by atoms with Crippen LogP contribution in [0.25, 0.3) is 11.1 Å². The molecule has 0 saturated heterocycles. The van der Waals surface area contributed by atoms with E-state index in [0.717, 1.165) is 4.90 Å². The molecular formula is C18H18S. The molecule has 1 spiro atoms. The van der Waals surface area contributed by atoms with Crippen molar-refractivity contribution in [2.75, 3.05) is 0 Å². The zero-order chi connectivity index (χ0) is 13.0. The summed E-state index contributed by atoms with van der Waals surface area (Å²) in [5, 5.41) is 0. The summed E-state index contributed by atoms with van der Waals surface area (Å²) < 4.78 is 0. The minimum atomic E-state index is 0.287. The molecule has 2 aromatic rings. The molecule has 0 bridgehead atoms. The number of hydrogen-bond acceptors (Lipinski definition) is 1. The first-order valence-corrected chi connectivity index (χ1v) is 7.60. The SMILES string of the molecule is Cc1ccc2c(c1)C1(CCCC1)c1cc(S)ccc1-2. The lowest BCUT2D eigenvalue weighted by Gasteiger charge is -2.27. The van der Waals surface area contributed by atoms with E-state index in [9.17, 15) is 0 Å². The highest BCUT2D eigenvalue weighted by atomic mass is 32.1. The van der Waals surface area contributed by atoms with E-state index < -0.39 is 0 Å². The Hall–Kier alpha value is -1.21. The molecule has 0 aromatic heterocycles. The van der Waals surface area contributed by atoms with Gasteiger partial charge in [0, 0.05) is 10.3 Å². The van der Waals surface area contributed by atoms with E-state index in [0.29, 0.717) is 0 Å². The van der Waals surface area contributed by atoms with Crippen LogP contribution in [0.4, 0.5) is 0 Å². The summed E-state index contributed by atoms with van der Waals surface area (Å²) >= 11 is 4.56. The zero-order valence-electron chi connectivity index (χ0n) is 11.2. The van der Waals surface area contributed by atoms with Crippen molar-refractivity contribution >= 4 is 12.6 Å². The van der Waals surface area contributed by atoms with Crippen LogP contribution in [-0.2, 0) is 5.41 Å². The molecule has 4 rings (SSSR count). The molecule has 0 radical (unpaired) electrons. The lowest BCUT2D eigenvalue weighted by Crippen LogP contribution is -2.20. The van der Waals surface area contributed by atoms with Gasteiger partial charge in [-0.05, 0) is 54.2 Å². The Kier molecular flexibility index (Phi) is 2.38. The Bertz CT molecular complexity index is 610. The molecule has 2 aliphatic carbocycles. The van der Waals surface area contributed by atoms with Crippen LogP contribution >= 0.6 is 12.6 Å². The third-order valence-corrected chi connectivity index (χ3v) is 5.23. The molecule has 0 N–H and O–H groups in total. The van der Waals surface area contributed by atoms with Crippen LogP contribution in [0.5, 0.6) is 0 Å². The highest BCUT2D eigenvalue weighted by molar-refractivity contribution is 7.80. The average Bonchev–Trinajstić information content (AvgIpc) is 2.97. The van der Waals surface area contributed by atoms with Crippen LogP contribution < -0.4 is 0 Å². The van der Waals surface area contributed by atoms with Gasteiger partial charge in [0.15, 0.2) is 0 Å². The molecule has 1 heteroatoms. The Balaban J connectivity index is 2.07. The first-order chi connectivity index (χ1) is 9.21. The van der Waals surface area contributed by atoms with E-state index >= 15 is 0 Å². The summed E-state index contributed by atoms with van der Waals surface area (Å²) in [5.41, 5.74) is 7.65. The number of rotatable bonds is 0. The maximum absolute atomic E-state index is 4.56. The Morgan fingerprint density at radius 3 is 2.26 bits per heavy atom. The first kappa shape index (κ1) is 11.6. The summed E-state index contributed by atoms with van der Waals surface area (Å²) in [6.07, 6.45) is 5.30. The quantitative estimate of drug-likeness (QED) is 0.628. The average molecular weight is 266 g/mol. The minimum absolute atomic E-state index is 0.287. The number of fused-ring (bicyclic) bond motifs is 5. The smallest absolute Gasteiger partial charge is 0.0215 e. The zero-order valence-corrected chi connectivity index (χ0v) is 12.1. The predicted molar refractivity (Wildman–Crippen MR) is 83.1 cm³/mol. The summed E-state index contributed by atoms with van der Waals surface area (Å²) in [7, 11) is 0. The van der Waals surface area contributed by atoms with Crippen molar-refractivity contribution in [2.45, 2.75) is 42.9 Å². The maximum atomic E-state index is 4.56. The second-order valence-corrected chi connectivity index (χ2v) is 6.58. The number of hydrogen-bond donors (Lipinski definition) is 1. The molecule has 0 heterocycles. The fraction of sp³-hybridized carbons (Fsp3) is 0.333. The molecular weight excluding hydrogens is 248 g/mol. The highest BCUT2D eigenvalue weighted by Gasteiger charge is 2.44. The molecule has 0 amide bonds. The summed E-state index contributed by atoms with van der Waals surface area (Å²) in [6, 6.07) is 13.7. The second-order valence-electron chi connectivity index (χ2n) is 6.07. The van der Waals surface area contributed by atoms with Crippen molar-refractivity contribution < 1.29 is 0 Å². The van der Waals surface area contributed by atoms with Gasteiger partial charge in [-0.15, -0.1) is 12.6 Å². The fourth-order valence-corrected chi connectivity index (χ4v) is 4.32. The highest BCUT2D eigenvalue weighted by Crippen LogP contribution is 2.57. The molecule has 0 aliphatic heterocycles. The van der Waals surface area contributed by atoms with Gasteiger partial charge in [0.25, 0.3) is 0 Å². The van der Waals surface area contributed by atoms with E-state index in [-0.39, 0.29) is 5.41 Å². The normalized spacial score (nSPS) is 18.6. The number of benzene rings is 2. The van der Waals surface area contributed by atoms with E-state index in [2.05, 4.69) is 56.0 Å². The lowest BCUT2D eigenvalue weighted by atomic mass is 9.76.